The van der Waals surface area contributed by atoms with E-state index < -0.39 is 0 Å². The third-order valence-corrected chi connectivity index (χ3v) is 4.81. The Bertz CT molecular complexity index is 933. The van der Waals surface area contributed by atoms with E-state index in [2.05, 4.69) is 4.98 Å². The van der Waals surface area contributed by atoms with Crippen molar-refractivity contribution >= 4 is 22.6 Å². The number of rotatable bonds is 4. The number of hydrogen-bond donors (Lipinski definition) is 1. The zero-order chi connectivity index (χ0) is 17.9. The van der Waals surface area contributed by atoms with E-state index in [-0.39, 0.29) is 24.2 Å². The van der Waals surface area contributed by atoms with Crippen LogP contribution in [0.5, 0.6) is 0 Å². The van der Waals surface area contributed by atoms with Crippen LogP contribution >= 0.6 is 0 Å². The molecule has 0 spiro atoms. The van der Waals surface area contributed by atoms with E-state index in [0.29, 0.717) is 30.9 Å². The number of aromatic nitrogens is 1. The van der Waals surface area contributed by atoms with Gasteiger partial charge in [-0.25, -0.2) is 0 Å². The molecule has 1 amide bonds. The van der Waals surface area contributed by atoms with Crippen LogP contribution in [0, 0.1) is 0 Å². The normalized spacial score (nSPS) is 17.4. The first-order valence-corrected chi connectivity index (χ1v) is 8.76. The van der Waals surface area contributed by atoms with Gasteiger partial charge in [0.15, 0.2) is 5.78 Å². The van der Waals surface area contributed by atoms with Crippen molar-refractivity contribution in [2.75, 3.05) is 19.8 Å². The highest BCUT2D eigenvalue weighted by Crippen LogP contribution is 2.20. The number of carbonyl (C=O) groups excluding carboxylic acids is 2. The number of Topliss-reactive ketones (excluding diaryl/α,β-unsaturated/α-hetero) is 1. The molecule has 2 heterocycles. The topological polar surface area (TPSA) is 62.4 Å². The van der Waals surface area contributed by atoms with E-state index in [1.165, 1.54) is 0 Å². The van der Waals surface area contributed by atoms with Crippen LogP contribution in [0.2, 0.25) is 0 Å². The molecule has 0 unspecified atom stereocenters. The number of hydrogen-bond acceptors (Lipinski definition) is 3. The number of aromatic amines is 1. The molecule has 0 bridgehead atoms. The van der Waals surface area contributed by atoms with Crippen LogP contribution in [0.25, 0.3) is 10.9 Å². The van der Waals surface area contributed by atoms with Gasteiger partial charge in [0.1, 0.15) is 0 Å². The van der Waals surface area contributed by atoms with Crippen LogP contribution in [-0.2, 0) is 4.74 Å². The van der Waals surface area contributed by atoms with E-state index in [1.807, 2.05) is 48.7 Å². The Balaban J connectivity index is 1.54. The molecule has 1 aliphatic heterocycles. The maximum atomic E-state index is 13.0. The average Bonchev–Trinajstić information content (AvgIpc) is 3.16. The summed E-state index contributed by atoms with van der Waals surface area (Å²) in [5.41, 5.74) is 2.30. The van der Waals surface area contributed by atoms with Gasteiger partial charge >= 0.3 is 0 Å². The van der Waals surface area contributed by atoms with Crippen molar-refractivity contribution in [3.63, 3.8) is 0 Å². The van der Waals surface area contributed by atoms with Crippen LogP contribution in [0.3, 0.4) is 0 Å². The van der Waals surface area contributed by atoms with E-state index in [0.717, 1.165) is 10.9 Å². The number of amides is 1. The summed E-state index contributed by atoms with van der Waals surface area (Å²) in [6.07, 6.45) is 2.12. The predicted octanol–water partition coefficient (Wildman–Crippen LogP) is 3.28. The highest BCUT2D eigenvalue weighted by molar-refractivity contribution is 6.00. The molecular formula is C21H20N2O3. The van der Waals surface area contributed by atoms with E-state index >= 15 is 0 Å². The number of morpholine rings is 1. The van der Waals surface area contributed by atoms with Crippen molar-refractivity contribution in [3.05, 3.63) is 71.9 Å². The Labute approximate surface area is 151 Å². The van der Waals surface area contributed by atoms with Crippen LogP contribution in [0.15, 0.2) is 60.8 Å². The number of ether oxygens (including phenoxy) is 1. The number of benzene rings is 2. The summed E-state index contributed by atoms with van der Waals surface area (Å²) in [7, 11) is 0. The third-order valence-electron chi connectivity index (χ3n) is 4.81. The van der Waals surface area contributed by atoms with E-state index in [4.69, 9.17) is 4.74 Å². The molecule has 26 heavy (non-hydrogen) atoms. The van der Waals surface area contributed by atoms with Crippen LogP contribution in [-0.4, -0.2) is 47.4 Å². The Hall–Kier alpha value is -2.92. The number of H-pyrrole nitrogens is 1. The third kappa shape index (κ3) is 3.26. The SMILES string of the molecule is O=C(C[C@H]1COCCN1C(=O)c1ccc2[nH]ccc2c1)c1ccccc1. The Kier molecular flexibility index (Phi) is 4.54. The minimum Gasteiger partial charge on any atom is -0.377 e. The summed E-state index contributed by atoms with van der Waals surface area (Å²) in [6, 6.07) is 16.5. The molecule has 132 valence electrons. The first-order chi connectivity index (χ1) is 12.7. The van der Waals surface area contributed by atoms with E-state index in [9.17, 15) is 9.59 Å². The van der Waals surface area contributed by atoms with Crippen molar-refractivity contribution < 1.29 is 14.3 Å². The molecule has 5 heteroatoms. The second-order valence-electron chi connectivity index (χ2n) is 6.50. The molecule has 3 aromatic rings. The molecular weight excluding hydrogens is 328 g/mol. The second kappa shape index (κ2) is 7.14. The van der Waals surface area contributed by atoms with Gasteiger partial charge in [-0.3, -0.25) is 9.59 Å². The molecule has 1 fully saturated rings. The fraction of sp³-hybridized carbons (Fsp3) is 0.238. The molecule has 4 rings (SSSR count). The maximum absolute atomic E-state index is 13.0. The summed E-state index contributed by atoms with van der Waals surface area (Å²) in [4.78, 5) is 30.5. The minimum atomic E-state index is -0.245. The van der Waals surface area contributed by atoms with Gasteiger partial charge in [0.25, 0.3) is 5.91 Å². The average molecular weight is 348 g/mol. The number of nitrogens with zero attached hydrogens (tertiary/aromatic N) is 1. The lowest BCUT2D eigenvalue weighted by Crippen LogP contribution is -2.49. The molecule has 1 aliphatic rings. The van der Waals surface area contributed by atoms with Gasteiger partial charge in [0, 0.05) is 41.2 Å². The molecule has 2 aromatic carbocycles. The zero-order valence-electron chi connectivity index (χ0n) is 14.4. The van der Waals surface area contributed by atoms with E-state index in [1.54, 1.807) is 17.0 Å². The van der Waals surface area contributed by atoms with Crippen molar-refractivity contribution in [3.8, 4) is 0 Å². The van der Waals surface area contributed by atoms with Gasteiger partial charge in [-0.05, 0) is 24.3 Å². The molecule has 5 nitrogen and oxygen atoms in total. The molecule has 1 aromatic heterocycles. The summed E-state index contributed by atoms with van der Waals surface area (Å²) >= 11 is 0. The molecule has 0 saturated carbocycles. The van der Waals surface area contributed by atoms with Crippen molar-refractivity contribution in [2.45, 2.75) is 12.5 Å². The van der Waals surface area contributed by atoms with Crippen LogP contribution in [0.4, 0.5) is 0 Å². The Morgan fingerprint density at radius 1 is 1.08 bits per heavy atom. The lowest BCUT2D eigenvalue weighted by atomic mass is 10.0. The standard InChI is InChI=1S/C21H20N2O3/c24-20(15-4-2-1-3-5-15)13-18-14-26-11-10-23(18)21(25)17-6-7-19-16(12-17)8-9-22-19/h1-9,12,18,22H,10-11,13-14H2/t18-/m0/s1. The van der Waals surface area contributed by atoms with Gasteiger partial charge in [0.2, 0.25) is 0 Å². The van der Waals surface area contributed by atoms with Crippen molar-refractivity contribution in [1.82, 2.24) is 9.88 Å². The number of nitrogens with one attached hydrogen (secondary N) is 1. The van der Waals surface area contributed by atoms with Crippen LogP contribution in [0.1, 0.15) is 27.1 Å². The van der Waals surface area contributed by atoms with Gasteiger partial charge in [-0.15, -0.1) is 0 Å². The highest BCUT2D eigenvalue weighted by Gasteiger charge is 2.30. The van der Waals surface area contributed by atoms with Crippen molar-refractivity contribution in [1.29, 1.82) is 0 Å². The minimum absolute atomic E-state index is 0.0278. The first-order valence-electron chi connectivity index (χ1n) is 8.76. The molecule has 0 radical (unpaired) electrons. The zero-order valence-corrected chi connectivity index (χ0v) is 14.4. The highest BCUT2D eigenvalue weighted by atomic mass is 16.5. The summed E-state index contributed by atoms with van der Waals surface area (Å²) in [5, 5.41) is 1.00. The molecule has 1 N–H and O–H groups in total. The largest absolute Gasteiger partial charge is 0.377 e. The van der Waals surface area contributed by atoms with Gasteiger partial charge in [-0.1, -0.05) is 30.3 Å². The lowest BCUT2D eigenvalue weighted by Gasteiger charge is -2.35. The number of carbonyl (C=O) groups is 2. The predicted molar refractivity (Wildman–Crippen MR) is 99.3 cm³/mol. The Morgan fingerprint density at radius 2 is 1.92 bits per heavy atom. The molecule has 0 aliphatic carbocycles. The summed E-state index contributed by atoms with van der Waals surface area (Å²) in [5.74, 6) is -0.0257. The fourth-order valence-electron chi connectivity index (χ4n) is 3.40. The maximum Gasteiger partial charge on any atom is 0.254 e. The van der Waals surface area contributed by atoms with Gasteiger partial charge in [-0.2, -0.15) is 0 Å². The first kappa shape index (κ1) is 16.5. The number of fused-ring (bicyclic) bond motifs is 1. The fourth-order valence-corrected chi connectivity index (χ4v) is 3.40. The summed E-state index contributed by atoms with van der Waals surface area (Å²) < 4.78 is 5.54. The number of ketones is 1. The Morgan fingerprint density at radius 3 is 2.77 bits per heavy atom. The van der Waals surface area contributed by atoms with Crippen molar-refractivity contribution in [2.24, 2.45) is 0 Å². The van der Waals surface area contributed by atoms with Gasteiger partial charge in [0.05, 0.1) is 19.3 Å². The second-order valence-corrected chi connectivity index (χ2v) is 6.50. The molecule has 1 saturated heterocycles. The smallest absolute Gasteiger partial charge is 0.254 e. The lowest BCUT2D eigenvalue weighted by molar-refractivity contribution is -0.00280. The summed E-state index contributed by atoms with van der Waals surface area (Å²) in [6.45, 7) is 1.38. The quantitative estimate of drug-likeness (QED) is 0.736. The van der Waals surface area contributed by atoms with Crippen LogP contribution < -0.4 is 0 Å². The monoisotopic (exact) mass is 348 g/mol. The molecule has 1 atom stereocenters. The van der Waals surface area contributed by atoms with Gasteiger partial charge < -0.3 is 14.6 Å².